The van der Waals surface area contributed by atoms with Crippen LogP contribution < -0.4 is 0 Å². The number of hydrogen-bond donors (Lipinski definition) is 1. The fourth-order valence-corrected chi connectivity index (χ4v) is 3.82. The van der Waals surface area contributed by atoms with Crippen LogP contribution in [-0.4, -0.2) is 52.6 Å². The number of fused-ring (bicyclic) bond motifs is 1. The zero-order chi connectivity index (χ0) is 17.0. The lowest BCUT2D eigenvalue weighted by Crippen LogP contribution is -2.48. The van der Waals surface area contributed by atoms with Crippen molar-refractivity contribution in [2.75, 3.05) is 19.7 Å². The van der Waals surface area contributed by atoms with Gasteiger partial charge in [0.05, 0.1) is 13.2 Å². The molecule has 23 heavy (non-hydrogen) atoms. The second-order valence-corrected chi connectivity index (χ2v) is 6.94. The Morgan fingerprint density at radius 3 is 2.48 bits per heavy atom. The van der Waals surface area contributed by atoms with Crippen LogP contribution >= 0.6 is 0 Å². The number of hydrogen-bond acceptors (Lipinski definition) is 3. The Hall–Kier alpha value is -1.39. The molecule has 2 rings (SSSR count). The molecule has 1 aromatic rings. The largest absolute Gasteiger partial charge is 0.395 e. The molecule has 0 spiro atoms. The van der Waals surface area contributed by atoms with Gasteiger partial charge in [0.25, 0.3) is 0 Å². The van der Waals surface area contributed by atoms with E-state index in [1.54, 1.807) is 0 Å². The molecule has 0 aliphatic heterocycles. The van der Waals surface area contributed by atoms with Gasteiger partial charge in [0, 0.05) is 24.7 Å². The summed E-state index contributed by atoms with van der Waals surface area (Å²) < 4.78 is 0. The highest BCUT2D eigenvalue weighted by molar-refractivity contribution is 5.79. The van der Waals surface area contributed by atoms with Crippen LogP contribution in [0.3, 0.4) is 0 Å². The van der Waals surface area contributed by atoms with Crippen molar-refractivity contribution in [3.05, 3.63) is 35.4 Å². The second-order valence-electron chi connectivity index (χ2n) is 6.94. The molecule has 4 heteroatoms. The van der Waals surface area contributed by atoms with E-state index in [2.05, 4.69) is 56.9 Å². The van der Waals surface area contributed by atoms with E-state index in [4.69, 9.17) is 0 Å². The number of benzene rings is 1. The molecule has 0 radical (unpaired) electrons. The van der Waals surface area contributed by atoms with Crippen molar-refractivity contribution in [1.29, 1.82) is 0 Å². The smallest absolute Gasteiger partial charge is 0.237 e. The lowest BCUT2D eigenvalue weighted by Gasteiger charge is -2.35. The van der Waals surface area contributed by atoms with Gasteiger partial charge in [-0.2, -0.15) is 0 Å². The average molecular weight is 318 g/mol. The van der Waals surface area contributed by atoms with Crippen LogP contribution in [0, 0.1) is 0 Å². The maximum Gasteiger partial charge on any atom is 0.237 e. The molecule has 0 bridgehead atoms. The zero-order valence-electron chi connectivity index (χ0n) is 14.8. The molecular formula is C19H30N2O2. The molecule has 1 unspecified atom stereocenters. The van der Waals surface area contributed by atoms with Crippen molar-refractivity contribution in [2.45, 2.75) is 58.7 Å². The molecule has 1 aromatic carbocycles. The molecule has 1 aliphatic rings. The first kappa shape index (κ1) is 18.0. The van der Waals surface area contributed by atoms with E-state index in [0.717, 1.165) is 12.8 Å². The summed E-state index contributed by atoms with van der Waals surface area (Å²) in [6, 6.07) is 9.08. The molecular weight excluding hydrogens is 288 g/mol. The van der Waals surface area contributed by atoms with Crippen LogP contribution in [0.15, 0.2) is 24.3 Å². The van der Waals surface area contributed by atoms with Gasteiger partial charge in [0.1, 0.15) is 0 Å². The molecule has 0 saturated carbocycles. The van der Waals surface area contributed by atoms with Crippen molar-refractivity contribution in [2.24, 2.45) is 0 Å². The first-order chi connectivity index (χ1) is 11.0. The SMILES string of the molecule is CC(C)N(C(=O)CN(CCO)C1CCc2ccccc21)C(C)C. The van der Waals surface area contributed by atoms with E-state index < -0.39 is 0 Å². The molecule has 0 saturated heterocycles. The Morgan fingerprint density at radius 2 is 1.87 bits per heavy atom. The molecule has 128 valence electrons. The summed E-state index contributed by atoms with van der Waals surface area (Å²) in [5.74, 6) is 0.146. The summed E-state index contributed by atoms with van der Waals surface area (Å²) in [4.78, 5) is 16.9. The third-order valence-electron chi connectivity index (χ3n) is 4.67. The number of aliphatic hydroxyl groups excluding tert-OH is 1. The number of nitrogens with zero attached hydrogens (tertiary/aromatic N) is 2. The van der Waals surface area contributed by atoms with Crippen molar-refractivity contribution in [1.82, 2.24) is 9.80 Å². The second kappa shape index (κ2) is 7.93. The van der Waals surface area contributed by atoms with Gasteiger partial charge in [0.2, 0.25) is 5.91 Å². The Kier molecular flexibility index (Phi) is 6.19. The first-order valence-electron chi connectivity index (χ1n) is 8.69. The number of carbonyl (C=O) groups excluding carboxylic acids is 1. The first-order valence-corrected chi connectivity index (χ1v) is 8.69. The maximum atomic E-state index is 12.8. The Balaban J connectivity index is 2.15. The molecule has 1 N–H and O–H groups in total. The van der Waals surface area contributed by atoms with Crippen LogP contribution in [0.1, 0.15) is 51.3 Å². The summed E-state index contributed by atoms with van der Waals surface area (Å²) in [6.45, 7) is 9.20. The van der Waals surface area contributed by atoms with E-state index in [-0.39, 0.29) is 30.6 Å². The van der Waals surface area contributed by atoms with Gasteiger partial charge >= 0.3 is 0 Å². The number of aryl methyl sites for hydroxylation is 1. The number of aliphatic hydroxyl groups is 1. The summed E-state index contributed by atoms with van der Waals surface area (Å²) in [6.07, 6.45) is 2.07. The topological polar surface area (TPSA) is 43.8 Å². The molecule has 1 aliphatic carbocycles. The molecule has 0 aromatic heterocycles. The third-order valence-corrected chi connectivity index (χ3v) is 4.67. The number of carbonyl (C=O) groups is 1. The fraction of sp³-hybridized carbons (Fsp3) is 0.632. The Labute approximate surface area is 140 Å². The van der Waals surface area contributed by atoms with E-state index >= 15 is 0 Å². The lowest BCUT2D eigenvalue weighted by molar-refractivity contribution is -0.136. The molecule has 0 heterocycles. The Bertz CT molecular complexity index is 520. The minimum Gasteiger partial charge on any atom is -0.395 e. The van der Waals surface area contributed by atoms with Gasteiger partial charge in [-0.3, -0.25) is 9.69 Å². The standard InChI is InChI=1S/C19H30N2O2/c1-14(2)21(15(3)4)19(23)13-20(11-12-22)18-10-9-16-7-5-6-8-17(16)18/h5-8,14-15,18,22H,9-13H2,1-4H3. The predicted octanol–water partition coefficient (Wildman–Crippen LogP) is 2.61. The minimum atomic E-state index is 0.0787. The van der Waals surface area contributed by atoms with E-state index in [1.165, 1.54) is 11.1 Å². The monoisotopic (exact) mass is 318 g/mol. The van der Waals surface area contributed by atoms with E-state index in [1.807, 2.05) is 4.90 Å². The third kappa shape index (κ3) is 4.12. The normalized spacial score (nSPS) is 17.1. The summed E-state index contributed by atoms with van der Waals surface area (Å²) in [5, 5.41) is 9.45. The summed E-state index contributed by atoms with van der Waals surface area (Å²) >= 11 is 0. The van der Waals surface area contributed by atoms with Gasteiger partial charge in [-0.15, -0.1) is 0 Å². The average Bonchev–Trinajstić information content (AvgIpc) is 2.89. The van der Waals surface area contributed by atoms with Crippen LogP contribution in [0.4, 0.5) is 0 Å². The molecule has 1 atom stereocenters. The fourth-order valence-electron chi connectivity index (χ4n) is 3.82. The zero-order valence-corrected chi connectivity index (χ0v) is 14.8. The molecule has 1 amide bonds. The highest BCUT2D eigenvalue weighted by Crippen LogP contribution is 2.35. The van der Waals surface area contributed by atoms with Gasteiger partial charge in [0.15, 0.2) is 0 Å². The quantitative estimate of drug-likeness (QED) is 0.840. The van der Waals surface area contributed by atoms with Gasteiger partial charge in [-0.1, -0.05) is 24.3 Å². The van der Waals surface area contributed by atoms with Crippen LogP contribution in [0.2, 0.25) is 0 Å². The number of amides is 1. The van der Waals surface area contributed by atoms with Crippen molar-refractivity contribution < 1.29 is 9.90 Å². The van der Waals surface area contributed by atoms with Crippen molar-refractivity contribution in [3.8, 4) is 0 Å². The summed E-state index contributed by atoms with van der Waals surface area (Å²) in [7, 11) is 0. The molecule has 4 nitrogen and oxygen atoms in total. The van der Waals surface area contributed by atoms with Crippen LogP contribution in [-0.2, 0) is 11.2 Å². The minimum absolute atomic E-state index is 0.0787. The van der Waals surface area contributed by atoms with E-state index in [9.17, 15) is 9.90 Å². The van der Waals surface area contributed by atoms with Gasteiger partial charge in [-0.05, 0) is 51.7 Å². The highest BCUT2D eigenvalue weighted by atomic mass is 16.3. The Morgan fingerprint density at radius 1 is 1.22 bits per heavy atom. The lowest BCUT2D eigenvalue weighted by atomic mass is 10.1. The van der Waals surface area contributed by atoms with Gasteiger partial charge < -0.3 is 10.0 Å². The van der Waals surface area contributed by atoms with Crippen molar-refractivity contribution in [3.63, 3.8) is 0 Å². The summed E-state index contributed by atoms with van der Waals surface area (Å²) in [5.41, 5.74) is 2.69. The maximum absolute atomic E-state index is 12.8. The van der Waals surface area contributed by atoms with E-state index in [0.29, 0.717) is 13.1 Å². The van der Waals surface area contributed by atoms with Gasteiger partial charge in [-0.25, -0.2) is 0 Å². The van der Waals surface area contributed by atoms with Crippen LogP contribution in [0.25, 0.3) is 0 Å². The molecule has 0 fully saturated rings. The van der Waals surface area contributed by atoms with Crippen LogP contribution in [0.5, 0.6) is 0 Å². The van der Waals surface area contributed by atoms with Crippen molar-refractivity contribution >= 4 is 5.91 Å². The number of rotatable bonds is 7. The predicted molar refractivity (Wildman–Crippen MR) is 93.3 cm³/mol. The highest BCUT2D eigenvalue weighted by Gasteiger charge is 2.30.